The molecule has 0 heterocycles. The van der Waals surface area contributed by atoms with E-state index in [4.69, 9.17) is 11.6 Å². The van der Waals surface area contributed by atoms with Crippen molar-refractivity contribution in [3.05, 3.63) is 70.7 Å². The second-order valence-corrected chi connectivity index (χ2v) is 9.43. The van der Waals surface area contributed by atoms with Crippen molar-refractivity contribution in [2.45, 2.75) is 45.4 Å². The van der Waals surface area contributed by atoms with Crippen LogP contribution in [0.15, 0.2) is 54.6 Å². The molecule has 0 spiro atoms. The molecule has 0 saturated heterocycles. The minimum atomic E-state index is -0.453. The van der Waals surface area contributed by atoms with Crippen LogP contribution in [0.4, 0.5) is 0 Å². The Morgan fingerprint density at radius 3 is 2.32 bits per heavy atom. The van der Waals surface area contributed by atoms with Gasteiger partial charge in [-0.15, -0.1) is 11.8 Å². The van der Waals surface area contributed by atoms with Gasteiger partial charge in [0.25, 0.3) is 0 Å². The van der Waals surface area contributed by atoms with Gasteiger partial charge in [-0.1, -0.05) is 74.8 Å². The number of benzene rings is 2. The highest BCUT2D eigenvalue weighted by atomic mass is 35.5. The lowest BCUT2D eigenvalue weighted by Gasteiger charge is -2.31. The smallest absolute Gasteiger partial charge is 0.242 e. The Morgan fingerprint density at radius 2 is 1.71 bits per heavy atom. The van der Waals surface area contributed by atoms with Crippen LogP contribution in [-0.4, -0.2) is 41.6 Å². The van der Waals surface area contributed by atoms with E-state index in [2.05, 4.69) is 31.3 Å². The van der Waals surface area contributed by atoms with E-state index in [0.717, 1.165) is 23.3 Å². The standard InChI is InChI=1S/C25H33ClN2O2S/c1-4-23(25(30)27-16-19(2)3)28(15-14-20-8-6-5-7-9-20)24(29)18-31-17-21-10-12-22(26)13-11-21/h5-13,19,23H,4,14-18H2,1-3H3,(H,27,30)/t23-/m0/s1. The number of hydrogen-bond acceptors (Lipinski definition) is 3. The molecule has 2 rings (SSSR count). The third-order valence-electron chi connectivity index (χ3n) is 4.96. The summed E-state index contributed by atoms with van der Waals surface area (Å²) < 4.78 is 0. The molecule has 2 amide bonds. The monoisotopic (exact) mass is 460 g/mol. The Hall–Kier alpha value is -1.98. The van der Waals surface area contributed by atoms with Gasteiger partial charge >= 0.3 is 0 Å². The van der Waals surface area contributed by atoms with Gasteiger partial charge in [0.2, 0.25) is 11.8 Å². The van der Waals surface area contributed by atoms with Crippen LogP contribution in [0, 0.1) is 5.92 Å². The Balaban J connectivity index is 2.03. The van der Waals surface area contributed by atoms with Crippen LogP contribution >= 0.6 is 23.4 Å². The van der Waals surface area contributed by atoms with E-state index in [0.29, 0.717) is 36.2 Å². The van der Waals surface area contributed by atoms with Crippen molar-refractivity contribution in [1.82, 2.24) is 10.2 Å². The first kappa shape index (κ1) is 25.3. The normalized spacial score (nSPS) is 11.9. The molecular weight excluding hydrogens is 428 g/mol. The second-order valence-electron chi connectivity index (χ2n) is 8.01. The van der Waals surface area contributed by atoms with Crippen molar-refractivity contribution in [2.75, 3.05) is 18.8 Å². The van der Waals surface area contributed by atoms with Gasteiger partial charge in [-0.3, -0.25) is 9.59 Å². The molecule has 2 aromatic rings. The number of thioether (sulfide) groups is 1. The number of carbonyl (C=O) groups is 2. The zero-order valence-corrected chi connectivity index (χ0v) is 20.2. The molecule has 0 saturated carbocycles. The third-order valence-corrected chi connectivity index (χ3v) is 6.20. The van der Waals surface area contributed by atoms with Crippen molar-refractivity contribution in [2.24, 2.45) is 5.92 Å². The fraction of sp³-hybridized carbons (Fsp3) is 0.440. The topological polar surface area (TPSA) is 49.4 Å². The fourth-order valence-electron chi connectivity index (χ4n) is 3.24. The molecule has 31 heavy (non-hydrogen) atoms. The van der Waals surface area contributed by atoms with Gasteiger partial charge in [0.05, 0.1) is 5.75 Å². The van der Waals surface area contributed by atoms with Gasteiger partial charge < -0.3 is 10.2 Å². The first-order valence-electron chi connectivity index (χ1n) is 10.8. The molecule has 0 aliphatic rings. The molecule has 1 atom stereocenters. The van der Waals surface area contributed by atoms with Gasteiger partial charge in [0.15, 0.2) is 0 Å². The van der Waals surface area contributed by atoms with Gasteiger partial charge in [-0.05, 0) is 42.0 Å². The van der Waals surface area contributed by atoms with Crippen molar-refractivity contribution < 1.29 is 9.59 Å². The van der Waals surface area contributed by atoms with Crippen LogP contribution in [0.3, 0.4) is 0 Å². The van der Waals surface area contributed by atoms with Crippen LogP contribution in [-0.2, 0) is 21.8 Å². The minimum absolute atomic E-state index is 0.00133. The molecule has 0 aliphatic carbocycles. The van der Waals surface area contributed by atoms with E-state index < -0.39 is 6.04 Å². The molecule has 168 valence electrons. The molecule has 0 unspecified atom stereocenters. The molecule has 0 aromatic heterocycles. The average molecular weight is 461 g/mol. The summed E-state index contributed by atoms with van der Waals surface area (Å²) in [6, 6.07) is 17.3. The maximum atomic E-state index is 13.2. The maximum Gasteiger partial charge on any atom is 0.242 e. The van der Waals surface area contributed by atoms with Crippen LogP contribution in [0.1, 0.15) is 38.3 Å². The lowest BCUT2D eigenvalue weighted by Crippen LogP contribution is -2.51. The summed E-state index contributed by atoms with van der Waals surface area (Å²) in [7, 11) is 0. The quantitative estimate of drug-likeness (QED) is 0.473. The molecule has 6 heteroatoms. The van der Waals surface area contributed by atoms with Crippen LogP contribution < -0.4 is 5.32 Å². The molecule has 0 aliphatic heterocycles. The number of nitrogens with zero attached hydrogens (tertiary/aromatic N) is 1. The Morgan fingerprint density at radius 1 is 1.03 bits per heavy atom. The highest BCUT2D eigenvalue weighted by Gasteiger charge is 2.28. The average Bonchev–Trinajstić information content (AvgIpc) is 2.77. The Bertz CT molecular complexity index is 812. The third kappa shape index (κ3) is 8.96. The number of halogens is 1. The number of carbonyl (C=O) groups excluding carboxylic acids is 2. The maximum absolute atomic E-state index is 13.2. The zero-order valence-electron chi connectivity index (χ0n) is 18.6. The summed E-state index contributed by atoms with van der Waals surface area (Å²) in [5.74, 6) is 1.36. The summed E-state index contributed by atoms with van der Waals surface area (Å²) in [6.45, 7) is 7.22. The molecule has 0 radical (unpaired) electrons. The van der Waals surface area contributed by atoms with E-state index in [-0.39, 0.29) is 11.8 Å². The van der Waals surface area contributed by atoms with Crippen LogP contribution in [0.5, 0.6) is 0 Å². The summed E-state index contributed by atoms with van der Waals surface area (Å²) in [5, 5.41) is 3.71. The van der Waals surface area contributed by atoms with Crippen molar-refractivity contribution >= 4 is 35.2 Å². The van der Waals surface area contributed by atoms with Gasteiger partial charge in [0.1, 0.15) is 6.04 Å². The van der Waals surface area contributed by atoms with E-state index in [1.807, 2.05) is 49.4 Å². The zero-order chi connectivity index (χ0) is 22.6. The molecule has 0 fully saturated rings. The number of nitrogens with one attached hydrogen (secondary N) is 1. The lowest BCUT2D eigenvalue weighted by atomic mass is 10.1. The Labute approximate surface area is 195 Å². The van der Waals surface area contributed by atoms with E-state index in [1.165, 1.54) is 0 Å². The van der Waals surface area contributed by atoms with E-state index >= 15 is 0 Å². The molecule has 0 bridgehead atoms. The predicted molar refractivity (Wildman–Crippen MR) is 131 cm³/mol. The SMILES string of the molecule is CC[C@@H](C(=O)NCC(C)C)N(CCc1ccccc1)C(=O)CSCc1ccc(Cl)cc1. The van der Waals surface area contributed by atoms with Crippen molar-refractivity contribution in [1.29, 1.82) is 0 Å². The molecule has 1 N–H and O–H groups in total. The first-order valence-corrected chi connectivity index (χ1v) is 12.4. The summed E-state index contributed by atoms with van der Waals surface area (Å²) in [6.07, 6.45) is 1.31. The molecule has 4 nitrogen and oxygen atoms in total. The number of hydrogen-bond donors (Lipinski definition) is 1. The summed E-state index contributed by atoms with van der Waals surface area (Å²) in [5.41, 5.74) is 2.28. The summed E-state index contributed by atoms with van der Waals surface area (Å²) >= 11 is 7.51. The predicted octanol–water partition coefficient (Wildman–Crippen LogP) is 5.20. The van der Waals surface area contributed by atoms with Gasteiger partial charge in [-0.25, -0.2) is 0 Å². The first-order chi connectivity index (χ1) is 14.9. The highest BCUT2D eigenvalue weighted by molar-refractivity contribution is 7.99. The largest absolute Gasteiger partial charge is 0.354 e. The van der Waals surface area contributed by atoms with E-state index in [1.54, 1.807) is 16.7 Å². The van der Waals surface area contributed by atoms with Gasteiger partial charge in [-0.2, -0.15) is 0 Å². The van der Waals surface area contributed by atoms with Gasteiger partial charge in [0, 0.05) is 23.9 Å². The minimum Gasteiger partial charge on any atom is -0.354 e. The van der Waals surface area contributed by atoms with Crippen LogP contribution in [0.25, 0.3) is 0 Å². The number of rotatable bonds is 12. The Kier molecular flexibility index (Phi) is 11.0. The fourth-order valence-corrected chi connectivity index (χ4v) is 4.23. The molecular formula is C25H33ClN2O2S. The second kappa shape index (κ2) is 13.4. The van der Waals surface area contributed by atoms with Crippen molar-refractivity contribution in [3.63, 3.8) is 0 Å². The van der Waals surface area contributed by atoms with Crippen LogP contribution in [0.2, 0.25) is 5.02 Å². The lowest BCUT2D eigenvalue weighted by molar-refractivity contribution is -0.138. The molecule has 2 aromatic carbocycles. The summed E-state index contributed by atoms with van der Waals surface area (Å²) in [4.78, 5) is 27.8. The van der Waals surface area contributed by atoms with E-state index in [9.17, 15) is 9.59 Å². The highest BCUT2D eigenvalue weighted by Crippen LogP contribution is 2.17. The van der Waals surface area contributed by atoms with Crippen molar-refractivity contribution in [3.8, 4) is 0 Å². The number of amides is 2.